The maximum atomic E-state index is 12.1. The molecule has 0 bridgehead atoms. The van der Waals surface area contributed by atoms with E-state index in [0.29, 0.717) is 16.5 Å². The summed E-state index contributed by atoms with van der Waals surface area (Å²) in [5.41, 5.74) is 3.31. The minimum absolute atomic E-state index is 0.0329. The number of nitro groups is 1. The Balaban J connectivity index is 1.84. The van der Waals surface area contributed by atoms with Crippen LogP contribution >= 0.6 is 23.2 Å². The van der Waals surface area contributed by atoms with E-state index in [-0.39, 0.29) is 29.4 Å². The molecule has 2 rings (SSSR count). The molecule has 2 amide bonds. The third-order valence-electron chi connectivity index (χ3n) is 3.71. The average Bonchev–Trinajstić information content (AvgIpc) is 2.67. The van der Waals surface area contributed by atoms with Crippen LogP contribution in [0.4, 0.5) is 11.4 Å². The van der Waals surface area contributed by atoms with Gasteiger partial charge in [-0.2, -0.15) is 5.10 Å². The number of hydrogen-bond donors (Lipinski definition) is 2. The lowest BCUT2D eigenvalue weighted by atomic mass is 10.2. The highest BCUT2D eigenvalue weighted by molar-refractivity contribution is 6.32. The number of benzene rings is 2. The summed E-state index contributed by atoms with van der Waals surface area (Å²) in [5, 5.41) is 17.8. The van der Waals surface area contributed by atoms with Crippen molar-refractivity contribution in [3.05, 3.63) is 62.1 Å². The normalized spacial score (nSPS) is 11.0. The van der Waals surface area contributed by atoms with Crippen LogP contribution in [0.1, 0.15) is 18.9 Å². The van der Waals surface area contributed by atoms with Crippen molar-refractivity contribution in [1.82, 2.24) is 5.43 Å². The van der Waals surface area contributed by atoms with E-state index in [1.807, 2.05) is 0 Å². The summed E-state index contributed by atoms with van der Waals surface area (Å²) in [6.07, 6.45) is -0.131. The Morgan fingerprint density at radius 2 is 1.90 bits per heavy atom. The molecule has 0 radical (unpaired) electrons. The molecule has 0 atom stereocenters. The van der Waals surface area contributed by atoms with Gasteiger partial charge in [0.05, 0.1) is 11.3 Å². The van der Waals surface area contributed by atoms with E-state index >= 15 is 0 Å². The molecular weight excluding hydrogens is 435 g/mol. The number of carbonyl (C=O) groups is 2. The first-order chi connectivity index (χ1) is 14.2. The van der Waals surface area contributed by atoms with Crippen molar-refractivity contribution in [2.45, 2.75) is 20.3 Å². The highest BCUT2D eigenvalue weighted by Gasteiger charge is 2.14. The molecule has 0 fully saturated rings. The zero-order valence-corrected chi connectivity index (χ0v) is 17.6. The molecule has 0 aliphatic heterocycles. The van der Waals surface area contributed by atoms with Gasteiger partial charge in [0, 0.05) is 22.5 Å². The molecule has 0 saturated heterocycles. The summed E-state index contributed by atoms with van der Waals surface area (Å²) in [6, 6.07) is 8.94. The predicted molar refractivity (Wildman–Crippen MR) is 114 cm³/mol. The molecule has 2 aromatic rings. The number of hydrazone groups is 1. The maximum Gasteiger partial charge on any atom is 0.289 e. The molecular formula is C19H18Cl2N4O5. The lowest BCUT2D eigenvalue weighted by Gasteiger charge is -2.09. The van der Waals surface area contributed by atoms with Gasteiger partial charge in [0.2, 0.25) is 5.91 Å². The Labute approximate surface area is 182 Å². The number of nitrogens with zero attached hydrogens (tertiary/aromatic N) is 2. The van der Waals surface area contributed by atoms with Crippen molar-refractivity contribution in [2.24, 2.45) is 5.10 Å². The van der Waals surface area contributed by atoms with E-state index in [4.69, 9.17) is 27.9 Å². The molecule has 0 heterocycles. The number of ether oxygens (including phenoxy) is 1. The average molecular weight is 453 g/mol. The van der Waals surface area contributed by atoms with Crippen molar-refractivity contribution in [3.63, 3.8) is 0 Å². The van der Waals surface area contributed by atoms with Crippen molar-refractivity contribution < 1.29 is 19.2 Å². The largest absolute Gasteiger partial charge is 0.483 e. The monoisotopic (exact) mass is 452 g/mol. The van der Waals surface area contributed by atoms with Gasteiger partial charge in [-0.1, -0.05) is 23.2 Å². The third kappa shape index (κ3) is 7.02. The first kappa shape index (κ1) is 23.1. The highest BCUT2D eigenvalue weighted by atomic mass is 35.5. The van der Waals surface area contributed by atoms with Crippen molar-refractivity contribution in [3.8, 4) is 5.75 Å². The number of aryl methyl sites for hydroxylation is 1. The van der Waals surface area contributed by atoms with Crippen LogP contribution in [-0.2, 0) is 9.59 Å². The zero-order chi connectivity index (χ0) is 22.3. The van der Waals surface area contributed by atoms with Crippen LogP contribution < -0.4 is 15.5 Å². The molecule has 2 N–H and O–H groups in total. The first-order valence-corrected chi connectivity index (χ1v) is 9.36. The quantitative estimate of drug-likeness (QED) is 0.354. The second-order valence-electron chi connectivity index (χ2n) is 6.23. The fraction of sp³-hybridized carbons (Fsp3) is 0.211. The number of rotatable bonds is 8. The van der Waals surface area contributed by atoms with Gasteiger partial charge in [-0.25, -0.2) is 5.43 Å². The minimum Gasteiger partial charge on any atom is -0.483 e. The number of nitrogens with one attached hydrogen (secondary N) is 2. The number of amides is 2. The number of halogens is 2. The Morgan fingerprint density at radius 1 is 1.17 bits per heavy atom. The van der Waals surface area contributed by atoms with Gasteiger partial charge in [0.15, 0.2) is 6.61 Å². The van der Waals surface area contributed by atoms with E-state index in [1.165, 1.54) is 12.1 Å². The zero-order valence-electron chi connectivity index (χ0n) is 16.1. The van der Waals surface area contributed by atoms with Gasteiger partial charge in [0.25, 0.3) is 11.6 Å². The molecule has 0 saturated carbocycles. The molecule has 0 aliphatic rings. The Morgan fingerprint density at radius 3 is 2.57 bits per heavy atom. The summed E-state index contributed by atoms with van der Waals surface area (Å²) >= 11 is 11.6. The topological polar surface area (TPSA) is 123 Å². The van der Waals surface area contributed by atoms with Crippen LogP contribution in [0.25, 0.3) is 0 Å². The molecule has 11 heteroatoms. The standard InChI is InChI=1S/C19H18Cl2N4O5/c1-11-7-13(20)3-6-17(11)30-10-19(27)24-23-12(2)8-18(26)22-14-4-5-15(21)16(9-14)25(28)29/h3-7,9H,8,10H2,1-2H3,(H,22,26)(H,24,27)/b23-12-. The van der Waals surface area contributed by atoms with Gasteiger partial charge in [-0.05, 0) is 49.7 Å². The molecule has 0 aromatic heterocycles. The van der Waals surface area contributed by atoms with E-state index in [1.54, 1.807) is 32.0 Å². The second-order valence-corrected chi connectivity index (χ2v) is 7.07. The summed E-state index contributed by atoms with van der Waals surface area (Å²) in [6.45, 7) is 3.09. The summed E-state index contributed by atoms with van der Waals surface area (Å²) in [4.78, 5) is 34.2. The minimum atomic E-state index is -0.645. The van der Waals surface area contributed by atoms with E-state index < -0.39 is 16.7 Å². The van der Waals surface area contributed by atoms with Gasteiger partial charge in [-0.15, -0.1) is 0 Å². The van der Waals surface area contributed by atoms with Gasteiger partial charge in [0.1, 0.15) is 10.8 Å². The summed E-state index contributed by atoms with van der Waals surface area (Å²) in [5.74, 6) is -0.445. The van der Waals surface area contributed by atoms with Crippen molar-refractivity contribution in [1.29, 1.82) is 0 Å². The van der Waals surface area contributed by atoms with E-state index in [0.717, 1.165) is 11.6 Å². The number of carbonyl (C=O) groups excluding carboxylic acids is 2. The Bertz CT molecular complexity index is 1010. The van der Waals surface area contributed by atoms with E-state index in [2.05, 4.69) is 15.8 Å². The maximum absolute atomic E-state index is 12.1. The van der Waals surface area contributed by atoms with Crippen molar-refractivity contribution >= 4 is 52.1 Å². The fourth-order valence-electron chi connectivity index (χ4n) is 2.32. The Hall–Kier alpha value is -3.17. The number of hydrogen-bond acceptors (Lipinski definition) is 6. The highest BCUT2D eigenvalue weighted by Crippen LogP contribution is 2.27. The molecule has 0 unspecified atom stereocenters. The second kappa shape index (κ2) is 10.6. The van der Waals surface area contributed by atoms with Crippen LogP contribution in [0.5, 0.6) is 5.75 Å². The molecule has 30 heavy (non-hydrogen) atoms. The lowest BCUT2D eigenvalue weighted by Crippen LogP contribution is -2.26. The SMILES string of the molecule is C/C(CC(=O)Nc1ccc(Cl)c([N+](=O)[O-])c1)=N/NC(=O)COc1ccc(Cl)cc1C. The molecule has 158 valence electrons. The molecule has 2 aromatic carbocycles. The smallest absolute Gasteiger partial charge is 0.289 e. The Kier molecular flexibility index (Phi) is 8.14. The summed E-state index contributed by atoms with van der Waals surface area (Å²) < 4.78 is 5.40. The van der Waals surface area contributed by atoms with Crippen LogP contribution in [0, 0.1) is 17.0 Å². The van der Waals surface area contributed by atoms with Crippen molar-refractivity contribution in [2.75, 3.05) is 11.9 Å². The third-order valence-corrected chi connectivity index (χ3v) is 4.26. The molecule has 0 aliphatic carbocycles. The molecule has 0 spiro atoms. The van der Waals surface area contributed by atoms with Gasteiger partial charge < -0.3 is 10.1 Å². The van der Waals surface area contributed by atoms with Crippen LogP contribution in [0.2, 0.25) is 10.0 Å². The van der Waals surface area contributed by atoms with Gasteiger partial charge >= 0.3 is 0 Å². The number of nitro benzene ring substituents is 1. The predicted octanol–water partition coefficient (Wildman–Crippen LogP) is 4.11. The van der Waals surface area contributed by atoms with Crippen LogP contribution in [0.15, 0.2) is 41.5 Å². The van der Waals surface area contributed by atoms with Crippen LogP contribution in [0.3, 0.4) is 0 Å². The summed E-state index contributed by atoms with van der Waals surface area (Å²) in [7, 11) is 0. The first-order valence-electron chi connectivity index (χ1n) is 8.60. The fourth-order valence-corrected chi connectivity index (χ4v) is 2.73. The van der Waals surface area contributed by atoms with Gasteiger partial charge in [-0.3, -0.25) is 19.7 Å². The van der Waals surface area contributed by atoms with E-state index in [9.17, 15) is 19.7 Å². The lowest BCUT2D eigenvalue weighted by molar-refractivity contribution is -0.384. The number of anilines is 1. The molecule has 9 nitrogen and oxygen atoms in total. The van der Waals surface area contributed by atoms with Crippen LogP contribution in [-0.4, -0.2) is 29.1 Å².